The summed E-state index contributed by atoms with van der Waals surface area (Å²) in [4.78, 5) is 8.23. The van der Waals surface area contributed by atoms with Gasteiger partial charge in [0.25, 0.3) is 0 Å². The van der Waals surface area contributed by atoms with Gasteiger partial charge in [-0.05, 0) is 12.1 Å². The molecule has 5 heteroatoms. The molecule has 20 heavy (non-hydrogen) atoms. The van der Waals surface area contributed by atoms with Crippen molar-refractivity contribution >= 4 is 11.0 Å². The van der Waals surface area contributed by atoms with E-state index in [0.717, 1.165) is 6.20 Å². The summed E-state index contributed by atoms with van der Waals surface area (Å²) in [6.45, 7) is 0. The third kappa shape index (κ3) is 1.93. The number of hydrogen-bond donors (Lipinski definition) is 1. The van der Waals surface area contributed by atoms with Crippen LogP contribution in [0.4, 0.5) is 4.39 Å². The largest absolute Gasteiger partial charge is 0.507 e. The van der Waals surface area contributed by atoms with E-state index in [1.165, 1.54) is 13.2 Å². The SMILES string of the molecule is COc1ccc2ncc(F)c(-c3ccccc3O)c2n1. The summed E-state index contributed by atoms with van der Waals surface area (Å²) in [5.41, 5.74) is 1.47. The van der Waals surface area contributed by atoms with Gasteiger partial charge in [-0.2, -0.15) is 0 Å². The number of hydrogen-bond acceptors (Lipinski definition) is 4. The van der Waals surface area contributed by atoms with Gasteiger partial charge in [-0.25, -0.2) is 9.37 Å². The highest BCUT2D eigenvalue weighted by Crippen LogP contribution is 2.35. The number of methoxy groups -OCH3 is 1. The van der Waals surface area contributed by atoms with E-state index >= 15 is 0 Å². The number of ether oxygens (including phenoxy) is 1. The van der Waals surface area contributed by atoms with Gasteiger partial charge in [0.05, 0.1) is 24.4 Å². The van der Waals surface area contributed by atoms with Crippen molar-refractivity contribution in [3.8, 4) is 22.8 Å². The summed E-state index contributed by atoms with van der Waals surface area (Å²) in [7, 11) is 1.49. The molecule has 0 aliphatic heterocycles. The van der Waals surface area contributed by atoms with Crippen molar-refractivity contribution in [1.82, 2.24) is 9.97 Å². The minimum absolute atomic E-state index is 0.0106. The topological polar surface area (TPSA) is 55.2 Å². The zero-order chi connectivity index (χ0) is 14.1. The zero-order valence-corrected chi connectivity index (χ0v) is 10.7. The predicted molar refractivity (Wildman–Crippen MR) is 73.1 cm³/mol. The summed E-state index contributed by atoms with van der Waals surface area (Å²) < 4.78 is 19.2. The lowest BCUT2D eigenvalue weighted by Gasteiger charge is -2.09. The first kappa shape index (κ1) is 12.3. The lowest BCUT2D eigenvalue weighted by Crippen LogP contribution is -1.95. The van der Waals surface area contributed by atoms with Crippen LogP contribution in [0.25, 0.3) is 22.2 Å². The number of aromatic hydroxyl groups is 1. The van der Waals surface area contributed by atoms with E-state index < -0.39 is 5.82 Å². The number of halogens is 1. The van der Waals surface area contributed by atoms with Crippen molar-refractivity contribution in [3.05, 3.63) is 48.4 Å². The molecule has 0 unspecified atom stereocenters. The first-order valence-electron chi connectivity index (χ1n) is 5.98. The van der Waals surface area contributed by atoms with Gasteiger partial charge in [-0.3, -0.25) is 4.98 Å². The van der Waals surface area contributed by atoms with Gasteiger partial charge in [-0.15, -0.1) is 0 Å². The Balaban J connectivity index is 2.39. The van der Waals surface area contributed by atoms with E-state index in [1.807, 2.05) is 0 Å². The molecule has 0 saturated heterocycles. The van der Waals surface area contributed by atoms with Crippen LogP contribution in [-0.4, -0.2) is 22.2 Å². The normalized spacial score (nSPS) is 10.7. The van der Waals surface area contributed by atoms with Crippen molar-refractivity contribution in [2.45, 2.75) is 0 Å². The van der Waals surface area contributed by atoms with Crippen molar-refractivity contribution in [1.29, 1.82) is 0 Å². The van der Waals surface area contributed by atoms with Gasteiger partial charge in [0.1, 0.15) is 11.3 Å². The molecule has 3 aromatic rings. The van der Waals surface area contributed by atoms with Crippen molar-refractivity contribution in [2.75, 3.05) is 7.11 Å². The lowest BCUT2D eigenvalue weighted by molar-refractivity contribution is 0.399. The summed E-state index contributed by atoms with van der Waals surface area (Å²) in [6.07, 6.45) is 1.12. The molecule has 0 spiro atoms. The first-order valence-corrected chi connectivity index (χ1v) is 5.98. The fourth-order valence-corrected chi connectivity index (χ4v) is 2.08. The van der Waals surface area contributed by atoms with Crippen LogP contribution in [0.15, 0.2) is 42.6 Å². The Hall–Kier alpha value is -2.69. The molecular formula is C15H11FN2O2. The van der Waals surface area contributed by atoms with Crippen LogP contribution in [-0.2, 0) is 0 Å². The Kier molecular flexibility index (Phi) is 2.95. The number of pyridine rings is 2. The molecule has 0 radical (unpaired) electrons. The number of nitrogens with zero attached hydrogens (tertiary/aromatic N) is 2. The van der Waals surface area contributed by atoms with Crippen LogP contribution in [0.3, 0.4) is 0 Å². The number of phenolic OH excluding ortho intramolecular Hbond substituents is 1. The summed E-state index contributed by atoms with van der Waals surface area (Å²) in [6, 6.07) is 9.89. The lowest BCUT2D eigenvalue weighted by atomic mass is 10.0. The van der Waals surface area contributed by atoms with Crippen molar-refractivity contribution in [2.24, 2.45) is 0 Å². The summed E-state index contributed by atoms with van der Waals surface area (Å²) >= 11 is 0. The molecule has 1 N–H and O–H groups in total. The van der Waals surface area contributed by atoms with Gasteiger partial charge >= 0.3 is 0 Å². The smallest absolute Gasteiger partial charge is 0.213 e. The number of phenols is 1. The predicted octanol–water partition coefficient (Wildman–Crippen LogP) is 3.15. The quantitative estimate of drug-likeness (QED) is 0.777. The highest BCUT2D eigenvalue weighted by atomic mass is 19.1. The minimum Gasteiger partial charge on any atom is -0.507 e. The third-order valence-electron chi connectivity index (χ3n) is 3.02. The number of rotatable bonds is 2. The maximum absolute atomic E-state index is 14.2. The average Bonchev–Trinajstić information content (AvgIpc) is 2.48. The third-order valence-corrected chi connectivity index (χ3v) is 3.02. The van der Waals surface area contributed by atoms with Crippen LogP contribution in [0.2, 0.25) is 0 Å². The number of benzene rings is 1. The zero-order valence-electron chi connectivity index (χ0n) is 10.7. The second-order valence-corrected chi connectivity index (χ2v) is 4.22. The molecule has 3 rings (SSSR count). The van der Waals surface area contributed by atoms with Gasteiger partial charge in [0, 0.05) is 11.6 Å². The Morgan fingerprint density at radius 2 is 1.95 bits per heavy atom. The van der Waals surface area contributed by atoms with E-state index in [4.69, 9.17) is 4.74 Å². The van der Waals surface area contributed by atoms with Crippen LogP contribution in [0.5, 0.6) is 11.6 Å². The van der Waals surface area contributed by atoms with Crippen LogP contribution < -0.4 is 4.74 Å². The molecule has 0 bridgehead atoms. The Labute approximate surface area is 114 Å². The fourth-order valence-electron chi connectivity index (χ4n) is 2.08. The molecular weight excluding hydrogens is 259 g/mol. The molecule has 0 fully saturated rings. The first-order chi connectivity index (χ1) is 9.70. The fraction of sp³-hybridized carbons (Fsp3) is 0.0667. The van der Waals surface area contributed by atoms with E-state index in [0.29, 0.717) is 22.5 Å². The van der Waals surface area contributed by atoms with Gasteiger partial charge in [0.15, 0.2) is 5.82 Å². The van der Waals surface area contributed by atoms with E-state index in [2.05, 4.69) is 9.97 Å². The molecule has 2 aromatic heterocycles. The molecule has 2 heterocycles. The summed E-state index contributed by atoms with van der Waals surface area (Å²) in [5.74, 6) is -0.190. The second-order valence-electron chi connectivity index (χ2n) is 4.22. The molecule has 0 aliphatic rings. The monoisotopic (exact) mass is 270 g/mol. The molecule has 4 nitrogen and oxygen atoms in total. The maximum Gasteiger partial charge on any atom is 0.213 e. The second kappa shape index (κ2) is 4.77. The summed E-state index contributed by atoms with van der Waals surface area (Å²) in [5, 5.41) is 9.93. The van der Waals surface area contributed by atoms with Crippen LogP contribution in [0.1, 0.15) is 0 Å². The average molecular weight is 270 g/mol. The Morgan fingerprint density at radius 1 is 1.15 bits per heavy atom. The molecule has 100 valence electrons. The van der Waals surface area contributed by atoms with E-state index in [1.54, 1.807) is 30.3 Å². The molecule has 0 atom stereocenters. The van der Waals surface area contributed by atoms with Crippen LogP contribution in [0, 0.1) is 5.82 Å². The Morgan fingerprint density at radius 3 is 2.70 bits per heavy atom. The number of para-hydroxylation sites is 1. The minimum atomic E-state index is -0.542. The highest BCUT2D eigenvalue weighted by molar-refractivity contribution is 5.93. The van der Waals surface area contributed by atoms with Crippen molar-refractivity contribution < 1.29 is 14.2 Å². The van der Waals surface area contributed by atoms with Crippen LogP contribution >= 0.6 is 0 Å². The van der Waals surface area contributed by atoms with E-state index in [9.17, 15) is 9.50 Å². The molecule has 0 amide bonds. The number of fused-ring (bicyclic) bond motifs is 1. The molecule has 0 saturated carbocycles. The van der Waals surface area contributed by atoms with Gasteiger partial charge in [-0.1, -0.05) is 18.2 Å². The van der Waals surface area contributed by atoms with Gasteiger partial charge < -0.3 is 9.84 Å². The van der Waals surface area contributed by atoms with Gasteiger partial charge in [0.2, 0.25) is 5.88 Å². The highest BCUT2D eigenvalue weighted by Gasteiger charge is 2.15. The standard InChI is InChI=1S/C15H11FN2O2/c1-20-13-7-6-11-15(18-13)14(10(16)8-17-11)9-4-2-3-5-12(9)19/h2-8,19H,1H3. The van der Waals surface area contributed by atoms with E-state index in [-0.39, 0.29) is 11.3 Å². The maximum atomic E-state index is 14.2. The Bertz CT molecular complexity index is 790. The molecule has 0 aliphatic carbocycles. The van der Waals surface area contributed by atoms with Crippen molar-refractivity contribution in [3.63, 3.8) is 0 Å². The molecule has 1 aromatic carbocycles. The number of aromatic nitrogens is 2.